The average Bonchev–Trinajstić information content (AvgIpc) is 3.02. The van der Waals surface area contributed by atoms with E-state index in [4.69, 9.17) is 9.47 Å². The van der Waals surface area contributed by atoms with Crippen LogP contribution in [0.4, 0.5) is 5.69 Å². The highest BCUT2D eigenvalue weighted by Crippen LogP contribution is 2.16. The first-order valence-corrected chi connectivity index (χ1v) is 8.22. The van der Waals surface area contributed by atoms with Gasteiger partial charge in [-0.1, -0.05) is 6.07 Å². The second-order valence-electron chi connectivity index (χ2n) is 4.83. The van der Waals surface area contributed by atoms with Crippen LogP contribution in [0.15, 0.2) is 41.8 Å². The van der Waals surface area contributed by atoms with Crippen LogP contribution in [0.25, 0.3) is 0 Å². The van der Waals surface area contributed by atoms with Gasteiger partial charge in [-0.15, -0.1) is 11.3 Å². The molecule has 1 heterocycles. The number of amides is 1. The topological polar surface area (TPSA) is 64.6 Å². The van der Waals surface area contributed by atoms with Crippen molar-refractivity contribution in [2.24, 2.45) is 0 Å². The fourth-order valence-corrected chi connectivity index (χ4v) is 2.58. The molecule has 2 aromatic rings. The third kappa shape index (κ3) is 5.41. The zero-order valence-corrected chi connectivity index (χ0v) is 13.9. The van der Waals surface area contributed by atoms with Gasteiger partial charge in [0.2, 0.25) is 0 Å². The van der Waals surface area contributed by atoms with E-state index in [0.29, 0.717) is 12.3 Å². The van der Waals surface area contributed by atoms with Gasteiger partial charge in [0.15, 0.2) is 6.10 Å². The van der Waals surface area contributed by atoms with Crippen LogP contribution >= 0.6 is 11.3 Å². The normalized spacial score (nSPS) is 11.6. The van der Waals surface area contributed by atoms with E-state index in [-0.39, 0.29) is 12.3 Å². The van der Waals surface area contributed by atoms with Gasteiger partial charge >= 0.3 is 5.97 Å². The third-order valence-electron chi connectivity index (χ3n) is 3.01. The van der Waals surface area contributed by atoms with Gasteiger partial charge in [0.05, 0.1) is 13.0 Å². The van der Waals surface area contributed by atoms with Crippen LogP contribution in [0, 0.1) is 0 Å². The second kappa shape index (κ2) is 8.33. The molecule has 0 aliphatic rings. The summed E-state index contributed by atoms with van der Waals surface area (Å²) < 4.78 is 10.5. The standard InChI is InChI=1S/C17H19NO4S/c1-3-21-14-8-6-13(7-9-14)18-17(20)12(2)22-16(19)11-15-5-4-10-23-15/h4-10,12H,3,11H2,1-2H3,(H,18,20). The van der Waals surface area contributed by atoms with Crippen LogP contribution in [-0.4, -0.2) is 24.6 Å². The Labute approximate surface area is 139 Å². The Bertz CT molecular complexity index is 637. The van der Waals surface area contributed by atoms with Crippen molar-refractivity contribution in [1.82, 2.24) is 0 Å². The summed E-state index contributed by atoms with van der Waals surface area (Å²) in [5.41, 5.74) is 0.625. The summed E-state index contributed by atoms with van der Waals surface area (Å²) in [6.07, 6.45) is -0.674. The Balaban J connectivity index is 1.83. The first kappa shape index (κ1) is 17.0. The molecule has 122 valence electrons. The van der Waals surface area contributed by atoms with Crippen LogP contribution in [0.5, 0.6) is 5.75 Å². The monoisotopic (exact) mass is 333 g/mol. The number of ether oxygens (including phenoxy) is 2. The fraction of sp³-hybridized carbons (Fsp3) is 0.294. The number of carbonyl (C=O) groups is 2. The minimum Gasteiger partial charge on any atom is -0.494 e. The van der Waals surface area contributed by atoms with Crippen molar-refractivity contribution < 1.29 is 19.1 Å². The van der Waals surface area contributed by atoms with E-state index in [0.717, 1.165) is 10.6 Å². The first-order chi connectivity index (χ1) is 11.1. The average molecular weight is 333 g/mol. The molecule has 0 bridgehead atoms. The summed E-state index contributed by atoms with van der Waals surface area (Å²) in [6, 6.07) is 10.7. The van der Waals surface area contributed by atoms with Crippen LogP contribution in [0.1, 0.15) is 18.7 Å². The molecule has 2 rings (SSSR count). The molecule has 1 amide bonds. The number of carbonyl (C=O) groups excluding carboxylic acids is 2. The molecular weight excluding hydrogens is 314 g/mol. The van der Waals surface area contributed by atoms with E-state index in [1.54, 1.807) is 31.2 Å². The third-order valence-corrected chi connectivity index (χ3v) is 3.89. The molecule has 1 aromatic carbocycles. The lowest BCUT2D eigenvalue weighted by Crippen LogP contribution is -2.30. The number of esters is 1. The van der Waals surface area contributed by atoms with E-state index in [2.05, 4.69) is 5.32 Å². The minimum atomic E-state index is -0.853. The smallest absolute Gasteiger partial charge is 0.311 e. The Morgan fingerprint density at radius 1 is 1.22 bits per heavy atom. The zero-order chi connectivity index (χ0) is 16.7. The molecule has 0 saturated heterocycles. The fourth-order valence-electron chi connectivity index (χ4n) is 1.89. The number of hydrogen-bond acceptors (Lipinski definition) is 5. The molecule has 0 aliphatic carbocycles. The van der Waals surface area contributed by atoms with Gasteiger partial charge in [-0.3, -0.25) is 9.59 Å². The Morgan fingerprint density at radius 3 is 2.57 bits per heavy atom. The van der Waals surface area contributed by atoms with E-state index in [1.165, 1.54) is 11.3 Å². The van der Waals surface area contributed by atoms with Gasteiger partial charge in [-0.2, -0.15) is 0 Å². The molecule has 5 nitrogen and oxygen atoms in total. The van der Waals surface area contributed by atoms with E-state index in [9.17, 15) is 9.59 Å². The molecule has 1 aromatic heterocycles. The maximum atomic E-state index is 12.0. The first-order valence-electron chi connectivity index (χ1n) is 7.34. The van der Waals surface area contributed by atoms with Crippen LogP contribution in [-0.2, 0) is 20.7 Å². The number of anilines is 1. The molecule has 0 aliphatic heterocycles. The van der Waals surface area contributed by atoms with Crippen molar-refractivity contribution in [2.75, 3.05) is 11.9 Å². The second-order valence-corrected chi connectivity index (χ2v) is 5.87. The summed E-state index contributed by atoms with van der Waals surface area (Å²) >= 11 is 1.48. The number of rotatable bonds is 7. The van der Waals surface area contributed by atoms with Crippen molar-refractivity contribution >= 4 is 28.9 Å². The summed E-state index contributed by atoms with van der Waals surface area (Å²) in [7, 11) is 0. The maximum absolute atomic E-state index is 12.0. The van der Waals surface area contributed by atoms with Crippen molar-refractivity contribution in [3.8, 4) is 5.75 Å². The van der Waals surface area contributed by atoms with Crippen molar-refractivity contribution in [1.29, 1.82) is 0 Å². The Kier molecular flexibility index (Phi) is 6.17. The highest BCUT2D eigenvalue weighted by atomic mass is 32.1. The van der Waals surface area contributed by atoms with E-state index >= 15 is 0 Å². The molecule has 0 fully saturated rings. The lowest BCUT2D eigenvalue weighted by atomic mass is 10.3. The van der Waals surface area contributed by atoms with Crippen LogP contribution in [0.3, 0.4) is 0 Å². The zero-order valence-electron chi connectivity index (χ0n) is 13.1. The minimum absolute atomic E-state index is 0.179. The quantitative estimate of drug-likeness (QED) is 0.790. The van der Waals surface area contributed by atoms with Gasteiger partial charge in [-0.05, 0) is 49.6 Å². The highest BCUT2D eigenvalue weighted by molar-refractivity contribution is 7.10. The molecule has 0 spiro atoms. The van der Waals surface area contributed by atoms with Gasteiger partial charge in [0, 0.05) is 10.6 Å². The molecule has 23 heavy (non-hydrogen) atoms. The molecular formula is C17H19NO4S. The summed E-state index contributed by atoms with van der Waals surface area (Å²) in [6.45, 7) is 4.04. The molecule has 1 unspecified atom stereocenters. The molecule has 1 atom stereocenters. The lowest BCUT2D eigenvalue weighted by molar-refractivity contribution is -0.152. The lowest BCUT2D eigenvalue weighted by Gasteiger charge is -2.13. The highest BCUT2D eigenvalue weighted by Gasteiger charge is 2.18. The molecule has 0 saturated carbocycles. The maximum Gasteiger partial charge on any atom is 0.311 e. The van der Waals surface area contributed by atoms with Crippen molar-refractivity contribution in [3.05, 3.63) is 46.7 Å². The van der Waals surface area contributed by atoms with Crippen molar-refractivity contribution in [2.45, 2.75) is 26.4 Å². The number of thiophene rings is 1. The molecule has 0 radical (unpaired) electrons. The molecule has 6 heteroatoms. The van der Waals surface area contributed by atoms with Crippen LogP contribution < -0.4 is 10.1 Å². The molecule has 1 N–H and O–H groups in total. The summed E-state index contributed by atoms with van der Waals surface area (Å²) in [5.74, 6) is -0.0450. The predicted molar refractivity (Wildman–Crippen MR) is 89.8 cm³/mol. The van der Waals surface area contributed by atoms with Crippen LogP contribution in [0.2, 0.25) is 0 Å². The van der Waals surface area contributed by atoms with Gasteiger partial charge < -0.3 is 14.8 Å². The van der Waals surface area contributed by atoms with E-state index < -0.39 is 12.1 Å². The predicted octanol–water partition coefficient (Wildman–Crippen LogP) is 3.26. The van der Waals surface area contributed by atoms with E-state index in [1.807, 2.05) is 24.4 Å². The number of benzene rings is 1. The SMILES string of the molecule is CCOc1ccc(NC(=O)C(C)OC(=O)Cc2cccs2)cc1. The Morgan fingerprint density at radius 2 is 1.96 bits per heavy atom. The van der Waals surface area contributed by atoms with Gasteiger partial charge in [-0.25, -0.2) is 0 Å². The van der Waals surface area contributed by atoms with Gasteiger partial charge in [0.1, 0.15) is 5.75 Å². The number of nitrogens with one attached hydrogen (secondary N) is 1. The van der Waals surface area contributed by atoms with Gasteiger partial charge in [0.25, 0.3) is 5.91 Å². The van der Waals surface area contributed by atoms with Crippen molar-refractivity contribution in [3.63, 3.8) is 0 Å². The summed E-state index contributed by atoms with van der Waals surface area (Å²) in [5, 5.41) is 4.60. The largest absolute Gasteiger partial charge is 0.494 e. The number of hydrogen-bond donors (Lipinski definition) is 1. The Hall–Kier alpha value is -2.34. The summed E-state index contributed by atoms with van der Waals surface area (Å²) in [4.78, 5) is 24.7.